The second kappa shape index (κ2) is 18.4. The van der Waals surface area contributed by atoms with Gasteiger partial charge in [-0.2, -0.15) is 0 Å². The Bertz CT molecular complexity index is 1520. The quantitative estimate of drug-likeness (QED) is 0.228. The maximum atomic E-state index is 6.47. The first-order valence-electron chi connectivity index (χ1n) is 22.7. The van der Waals surface area contributed by atoms with Crippen LogP contribution in [0.4, 0.5) is 0 Å². The molecule has 0 radical (unpaired) electrons. The summed E-state index contributed by atoms with van der Waals surface area (Å²) in [5, 5.41) is 0. The monoisotopic (exact) mass is 747 g/mol. The summed E-state index contributed by atoms with van der Waals surface area (Å²) in [6, 6.07) is 27.6. The zero-order chi connectivity index (χ0) is 39.3. The van der Waals surface area contributed by atoms with Crippen molar-refractivity contribution in [2.45, 2.75) is 158 Å². The van der Waals surface area contributed by atoms with Crippen LogP contribution in [0.25, 0.3) is 22.3 Å². The molecule has 10 unspecified atom stereocenters. The summed E-state index contributed by atoms with van der Waals surface area (Å²) in [6.45, 7) is 22.9. The van der Waals surface area contributed by atoms with Gasteiger partial charge in [-0.25, -0.2) is 0 Å². The highest BCUT2D eigenvalue weighted by Crippen LogP contribution is 2.59. The Balaban J connectivity index is 0.000000131. The third-order valence-corrected chi connectivity index (χ3v) is 14.9. The number of rotatable bonds is 8. The molecule has 10 atom stereocenters. The van der Waals surface area contributed by atoms with E-state index in [4.69, 9.17) is 9.47 Å². The molecule has 2 nitrogen and oxygen atoms in total. The van der Waals surface area contributed by atoms with E-state index in [2.05, 4.69) is 141 Å². The highest BCUT2D eigenvalue weighted by Gasteiger charge is 2.55. The summed E-state index contributed by atoms with van der Waals surface area (Å²) in [6.07, 6.45) is 18.3. The SMILES string of the molecule is C1CC2C3CCC(C3)C2C1.CC(OC1C(CC2CC2)CC2CC21)C(C)(C)C.CCOC(C)C(C)(C)C.Cc1c(-c2ccccc2)cccc1-c1ccccc1. The molecule has 3 aromatic rings. The Hall–Kier alpha value is -2.42. The summed E-state index contributed by atoms with van der Waals surface area (Å²) in [7, 11) is 0. The van der Waals surface area contributed by atoms with Crippen LogP contribution in [0.3, 0.4) is 0 Å². The summed E-state index contributed by atoms with van der Waals surface area (Å²) in [5.41, 5.74) is 7.08. The van der Waals surface area contributed by atoms with E-state index in [1.807, 2.05) is 6.92 Å². The highest BCUT2D eigenvalue weighted by atomic mass is 16.5. The molecular weight excluding hydrogens is 669 g/mol. The molecule has 6 fully saturated rings. The van der Waals surface area contributed by atoms with E-state index >= 15 is 0 Å². The molecule has 302 valence electrons. The molecule has 0 aliphatic heterocycles. The fourth-order valence-corrected chi connectivity index (χ4v) is 10.5. The summed E-state index contributed by atoms with van der Waals surface area (Å²) < 4.78 is 11.9. The lowest BCUT2D eigenvalue weighted by Gasteiger charge is -2.33. The fraction of sp³-hybridized carbons (Fsp3) is 0.660. The van der Waals surface area contributed by atoms with Crippen LogP contribution in [0.2, 0.25) is 0 Å². The minimum atomic E-state index is 0.288. The summed E-state index contributed by atoms with van der Waals surface area (Å²) in [4.78, 5) is 0. The first kappa shape index (κ1) is 42.2. The predicted octanol–water partition coefficient (Wildman–Crippen LogP) is 14.9. The van der Waals surface area contributed by atoms with E-state index in [1.165, 1.54) is 83.6 Å². The molecule has 3 aromatic carbocycles. The average molecular weight is 747 g/mol. The Morgan fingerprint density at radius 3 is 1.56 bits per heavy atom. The van der Waals surface area contributed by atoms with Crippen molar-refractivity contribution < 1.29 is 9.47 Å². The van der Waals surface area contributed by atoms with Crippen LogP contribution < -0.4 is 0 Å². The smallest absolute Gasteiger partial charge is 0.0638 e. The lowest BCUT2D eigenvalue weighted by atomic mass is 9.82. The van der Waals surface area contributed by atoms with Crippen molar-refractivity contribution in [2.75, 3.05) is 6.61 Å². The van der Waals surface area contributed by atoms with E-state index in [0.29, 0.717) is 18.3 Å². The van der Waals surface area contributed by atoms with Crippen LogP contribution in [0.5, 0.6) is 0 Å². The fourth-order valence-electron chi connectivity index (χ4n) is 10.5. The van der Waals surface area contributed by atoms with E-state index in [-0.39, 0.29) is 10.8 Å². The van der Waals surface area contributed by atoms with Gasteiger partial charge in [-0.1, -0.05) is 140 Å². The van der Waals surface area contributed by atoms with Crippen molar-refractivity contribution in [3.05, 3.63) is 84.4 Å². The number of fused-ring (bicyclic) bond motifs is 6. The van der Waals surface area contributed by atoms with Gasteiger partial charge in [0.15, 0.2) is 0 Å². The van der Waals surface area contributed by atoms with Crippen LogP contribution in [0.1, 0.15) is 139 Å². The number of hydrogen-bond donors (Lipinski definition) is 0. The van der Waals surface area contributed by atoms with Gasteiger partial charge in [-0.15, -0.1) is 0 Å². The molecular formula is C53H78O2. The van der Waals surface area contributed by atoms with Gasteiger partial charge in [0.25, 0.3) is 0 Å². The number of ether oxygens (including phenoxy) is 2. The zero-order valence-electron chi connectivity index (χ0n) is 36.7. The molecule has 6 aliphatic rings. The standard InChI is InChI=1S/C19H16.C16H28O.C10H16.C8H18O/c1-15-18(16-9-4-2-5-10-16)13-8-14-19(15)17-11-6-3-7-12-17;1-10(16(2,3)4)17-15-13(7-11-5-6-11)8-12-9-14(12)15;1-2-9-7-4-5-8(6-7)10(9)3-1;1-6-9-7(2)8(3,4)5/h2-14H,1H3;10-15H,5-9H2,1-4H3;7-10H,1-6H2;7H,6H2,1-5H3. The summed E-state index contributed by atoms with van der Waals surface area (Å²) in [5.74, 6) is 8.73. The molecule has 6 aliphatic carbocycles. The maximum absolute atomic E-state index is 6.47. The van der Waals surface area contributed by atoms with Crippen molar-refractivity contribution in [2.24, 2.45) is 58.2 Å². The molecule has 0 aromatic heterocycles. The van der Waals surface area contributed by atoms with Crippen LogP contribution in [0.15, 0.2) is 78.9 Å². The van der Waals surface area contributed by atoms with E-state index < -0.39 is 0 Å². The average Bonchev–Trinajstić information content (AvgIpc) is 3.88. The van der Waals surface area contributed by atoms with Crippen LogP contribution in [0, 0.1) is 65.1 Å². The van der Waals surface area contributed by atoms with Crippen molar-refractivity contribution in [1.82, 2.24) is 0 Å². The van der Waals surface area contributed by atoms with Crippen molar-refractivity contribution in [3.63, 3.8) is 0 Å². The maximum Gasteiger partial charge on any atom is 0.0638 e. The van der Waals surface area contributed by atoms with Gasteiger partial charge in [-0.3, -0.25) is 0 Å². The van der Waals surface area contributed by atoms with E-state index in [9.17, 15) is 0 Å². The first-order valence-corrected chi connectivity index (χ1v) is 22.7. The van der Waals surface area contributed by atoms with Gasteiger partial charge in [0, 0.05) is 6.61 Å². The molecule has 0 saturated heterocycles. The van der Waals surface area contributed by atoms with Gasteiger partial charge in [0.05, 0.1) is 18.3 Å². The molecule has 2 bridgehead atoms. The Morgan fingerprint density at radius 2 is 1.11 bits per heavy atom. The van der Waals surface area contributed by atoms with Gasteiger partial charge in [0.2, 0.25) is 0 Å². The lowest BCUT2D eigenvalue weighted by molar-refractivity contribution is -0.0820. The highest BCUT2D eigenvalue weighted by molar-refractivity contribution is 5.78. The Kier molecular flexibility index (Phi) is 14.2. The normalized spacial score (nSPS) is 29.7. The molecule has 6 saturated carbocycles. The Labute approximate surface area is 338 Å². The molecule has 0 heterocycles. The van der Waals surface area contributed by atoms with E-state index in [1.54, 1.807) is 38.5 Å². The molecule has 0 spiro atoms. The van der Waals surface area contributed by atoms with Gasteiger partial charge in [-0.05, 0) is 165 Å². The van der Waals surface area contributed by atoms with Gasteiger partial charge < -0.3 is 9.47 Å². The lowest BCUT2D eigenvalue weighted by Crippen LogP contribution is -2.34. The predicted molar refractivity (Wildman–Crippen MR) is 235 cm³/mol. The Morgan fingerprint density at radius 1 is 0.582 bits per heavy atom. The van der Waals surface area contributed by atoms with E-state index in [0.717, 1.165) is 30.3 Å². The minimum Gasteiger partial charge on any atom is -0.378 e. The summed E-state index contributed by atoms with van der Waals surface area (Å²) >= 11 is 0. The topological polar surface area (TPSA) is 18.5 Å². The number of benzene rings is 3. The van der Waals surface area contributed by atoms with Crippen LogP contribution >= 0.6 is 0 Å². The number of hydrogen-bond acceptors (Lipinski definition) is 2. The first-order chi connectivity index (χ1) is 26.2. The van der Waals surface area contributed by atoms with Gasteiger partial charge in [0.1, 0.15) is 0 Å². The molecule has 9 rings (SSSR count). The largest absolute Gasteiger partial charge is 0.378 e. The second-order valence-electron chi connectivity index (χ2n) is 20.7. The van der Waals surface area contributed by atoms with Crippen molar-refractivity contribution >= 4 is 0 Å². The van der Waals surface area contributed by atoms with Gasteiger partial charge >= 0.3 is 0 Å². The molecule has 0 N–H and O–H groups in total. The third-order valence-electron chi connectivity index (χ3n) is 14.9. The molecule has 55 heavy (non-hydrogen) atoms. The van der Waals surface area contributed by atoms with Crippen LogP contribution in [-0.4, -0.2) is 24.9 Å². The van der Waals surface area contributed by atoms with Crippen LogP contribution in [-0.2, 0) is 9.47 Å². The molecule has 0 amide bonds. The molecule has 2 heteroatoms. The van der Waals surface area contributed by atoms with Crippen molar-refractivity contribution in [3.8, 4) is 22.3 Å². The minimum absolute atomic E-state index is 0.288. The van der Waals surface area contributed by atoms with Crippen molar-refractivity contribution in [1.29, 1.82) is 0 Å². The zero-order valence-corrected chi connectivity index (χ0v) is 36.7. The second-order valence-corrected chi connectivity index (χ2v) is 20.7. The third kappa shape index (κ3) is 11.2.